The minimum Gasteiger partial charge on any atom is -0.493 e. The SMILES string of the molecule is CCOCc1cc(OC)c(OCC)cc1C(=O)OC1CCCOC1. The second-order valence-electron chi connectivity index (χ2n) is 5.47. The second kappa shape index (κ2) is 9.49. The predicted octanol–water partition coefficient (Wildman–Crippen LogP) is 2.97. The molecule has 1 aliphatic heterocycles. The first kappa shape index (κ1) is 18.5. The number of esters is 1. The van der Waals surface area contributed by atoms with Gasteiger partial charge in [0.15, 0.2) is 11.5 Å². The number of methoxy groups -OCH3 is 1. The minimum atomic E-state index is -0.385. The van der Waals surface area contributed by atoms with Gasteiger partial charge in [0.2, 0.25) is 0 Å². The molecule has 0 bridgehead atoms. The lowest BCUT2D eigenvalue weighted by atomic mass is 10.1. The first-order valence-corrected chi connectivity index (χ1v) is 8.39. The van der Waals surface area contributed by atoms with Crippen LogP contribution in [0.2, 0.25) is 0 Å². The number of benzene rings is 1. The lowest BCUT2D eigenvalue weighted by Gasteiger charge is -2.23. The number of rotatable bonds is 8. The third-order valence-electron chi connectivity index (χ3n) is 3.76. The van der Waals surface area contributed by atoms with E-state index >= 15 is 0 Å². The van der Waals surface area contributed by atoms with Crippen LogP contribution in [0.4, 0.5) is 0 Å². The fraction of sp³-hybridized carbons (Fsp3) is 0.611. The third-order valence-corrected chi connectivity index (χ3v) is 3.76. The van der Waals surface area contributed by atoms with Crippen LogP contribution in [-0.4, -0.2) is 45.6 Å². The normalized spacial score (nSPS) is 17.4. The summed E-state index contributed by atoms with van der Waals surface area (Å²) in [5, 5.41) is 0. The van der Waals surface area contributed by atoms with E-state index in [4.69, 9.17) is 23.7 Å². The molecular weight excluding hydrogens is 312 g/mol. The Morgan fingerprint density at radius 1 is 1.25 bits per heavy atom. The molecule has 1 heterocycles. The topological polar surface area (TPSA) is 63.2 Å². The van der Waals surface area contributed by atoms with Gasteiger partial charge in [-0.15, -0.1) is 0 Å². The molecule has 0 aromatic heterocycles. The maximum atomic E-state index is 12.6. The molecule has 1 saturated heterocycles. The van der Waals surface area contributed by atoms with Crippen LogP contribution in [0.15, 0.2) is 12.1 Å². The molecule has 134 valence electrons. The Hall–Kier alpha value is -1.79. The van der Waals surface area contributed by atoms with E-state index < -0.39 is 0 Å². The summed E-state index contributed by atoms with van der Waals surface area (Å²) in [6, 6.07) is 3.44. The van der Waals surface area contributed by atoms with Crippen molar-refractivity contribution in [3.05, 3.63) is 23.3 Å². The molecule has 1 aliphatic rings. The van der Waals surface area contributed by atoms with Gasteiger partial charge in [-0.3, -0.25) is 0 Å². The van der Waals surface area contributed by atoms with Gasteiger partial charge in [-0.25, -0.2) is 4.79 Å². The molecule has 1 fully saturated rings. The summed E-state index contributed by atoms with van der Waals surface area (Å²) in [4.78, 5) is 12.6. The van der Waals surface area contributed by atoms with Crippen molar-refractivity contribution in [2.24, 2.45) is 0 Å². The lowest BCUT2D eigenvalue weighted by Crippen LogP contribution is -2.28. The van der Waals surface area contributed by atoms with Gasteiger partial charge >= 0.3 is 5.97 Å². The molecule has 6 nitrogen and oxygen atoms in total. The molecule has 2 rings (SSSR count). The zero-order chi connectivity index (χ0) is 17.4. The van der Waals surface area contributed by atoms with Crippen LogP contribution in [-0.2, 0) is 20.8 Å². The first-order chi connectivity index (χ1) is 11.7. The van der Waals surface area contributed by atoms with Crippen LogP contribution >= 0.6 is 0 Å². The molecule has 24 heavy (non-hydrogen) atoms. The molecule has 0 radical (unpaired) electrons. The van der Waals surface area contributed by atoms with Gasteiger partial charge in [-0.2, -0.15) is 0 Å². The Balaban J connectivity index is 2.25. The van der Waals surface area contributed by atoms with E-state index in [0.717, 1.165) is 25.0 Å². The molecule has 0 spiro atoms. The summed E-state index contributed by atoms with van der Waals surface area (Å²) < 4.78 is 27.3. The zero-order valence-corrected chi connectivity index (χ0v) is 14.6. The highest BCUT2D eigenvalue weighted by molar-refractivity contribution is 5.92. The molecule has 6 heteroatoms. The van der Waals surface area contributed by atoms with Gasteiger partial charge in [-0.05, 0) is 44.4 Å². The molecule has 1 aromatic carbocycles. The van der Waals surface area contributed by atoms with Gasteiger partial charge in [0.05, 0.1) is 32.5 Å². The van der Waals surface area contributed by atoms with Crippen LogP contribution in [0.5, 0.6) is 11.5 Å². The van der Waals surface area contributed by atoms with Gasteiger partial charge in [-0.1, -0.05) is 0 Å². The van der Waals surface area contributed by atoms with E-state index in [1.165, 1.54) is 0 Å². The lowest BCUT2D eigenvalue weighted by molar-refractivity contribution is -0.0308. The maximum Gasteiger partial charge on any atom is 0.338 e. The third kappa shape index (κ3) is 4.85. The van der Waals surface area contributed by atoms with Crippen LogP contribution < -0.4 is 9.47 Å². The summed E-state index contributed by atoms with van der Waals surface area (Å²) >= 11 is 0. The molecule has 1 unspecified atom stereocenters. The monoisotopic (exact) mass is 338 g/mol. The van der Waals surface area contributed by atoms with Gasteiger partial charge in [0.25, 0.3) is 0 Å². The van der Waals surface area contributed by atoms with Gasteiger partial charge < -0.3 is 23.7 Å². The van der Waals surface area contributed by atoms with E-state index in [9.17, 15) is 4.79 Å². The number of hydrogen-bond donors (Lipinski definition) is 0. The molecule has 1 atom stereocenters. The molecule has 0 N–H and O–H groups in total. The van der Waals surface area contributed by atoms with Crippen molar-refractivity contribution in [2.45, 2.75) is 39.4 Å². The number of ether oxygens (including phenoxy) is 5. The van der Waals surface area contributed by atoms with Crippen LogP contribution in [0.3, 0.4) is 0 Å². The molecule has 0 saturated carbocycles. The highest BCUT2D eigenvalue weighted by Gasteiger charge is 2.23. The fourth-order valence-electron chi connectivity index (χ4n) is 2.57. The molecule has 0 aliphatic carbocycles. The van der Waals surface area contributed by atoms with Crippen LogP contribution in [0.25, 0.3) is 0 Å². The summed E-state index contributed by atoms with van der Waals surface area (Å²) in [5.74, 6) is 0.708. The summed E-state index contributed by atoms with van der Waals surface area (Å²) in [5.41, 5.74) is 1.16. The van der Waals surface area contributed by atoms with E-state index in [0.29, 0.717) is 43.5 Å². The molecule has 0 amide bonds. The number of carbonyl (C=O) groups excluding carboxylic acids is 1. The van der Waals surface area contributed by atoms with Crippen molar-refractivity contribution >= 4 is 5.97 Å². The largest absolute Gasteiger partial charge is 0.493 e. The Labute approximate surface area is 143 Å². The summed E-state index contributed by atoms with van der Waals surface area (Å²) in [7, 11) is 1.57. The summed E-state index contributed by atoms with van der Waals surface area (Å²) in [6.45, 7) is 6.30. The van der Waals surface area contributed by atoms with Crippen LogP contribution in [0.1, 0.15) is 42.6 Å². The second-order valence-corrected chi connectivity index (χ2v) is 5.47. The van der Waals surface area contributed by atoms with E-state index in [1.807, 2.05) is 13.8 Å². The predicted molar refractivity (Wildman–Crippen MR) is 88.7 cm³/mol. The minimum absolute atomic E-state index is 0.205. The van der Waals surface area contributed by atoms with Crippen molar-refractivity contribution in [1.82, 2.24) is 0 Å². The van der Waals surface area contributed by atoms with E-state index in [2.05, 4.69) is 0 Å². The first-order valence-electron chi connectivity index (χ1n) is 8.39. The van der Waals surface area contributed by atoms with Crippen molar-refractivity contribution in [3.63, 3.8) is 0 Å². The van der Waals surface area contributed by atoms with Gasteiger partial charge in [0, 0.05) is 13.2 Å². The Morgan fingerprint density at radius 3 is 2.71 bits per heavy atom. The Bertz CT molecular complexity index is 537. The van der Waals surface area contributed by atoms with E-state index in [-0.39, 0.29) is 12.1 Å². The number of carbonyl (C=O) groups is 1. The van der Waals surface area contributed by atoms with Crippen molar-refractivity contribution in [1.29, 1.82) is 0 Å². The average molecular weight is 338 g/mol. The quantitative estimate of drug-likeness (QED) is 0.679. The molecule has 1 aromatic rings. The highest BCUT2D eigenvalue weighted by atomic mass is 16.6. The van der Waals surface area contributed by atoms with Crippen molar-refractivity contribution in [3.8, 4) is 11.5 Å². The standard InChI is InChI=1S/C18H26O6/c1-4-21-11-13-9-16(20-3)17(23-5-2)10-15(13)18(19)24-14-7-6-8-22-12-14/h9-10,14H,4-8,11-12H2,1-3H3. The number of hydrogen-bond acceptors (Lipinski definition) is 6. The molecular formula is C18H26O6. The smallest absolute Gasteiger partial charge is 0.338 e. The van der Waals surface area contributed by atoms with Crippen molar-refractivity contribution in [2.75, 3.05) is 33.5 Å². The van der Waals surface area contributed by atoms with Crippen molar-refractivity contribution < 1.29 is 28.5 Å². The van der Waals surface area contributed by atoms with Crippen LogP contribution in [0, 0.1) is 0 Å². The zero-order valence-electron chi connectivity index (χ0n) is 14.6. The highest BCUT2D eigenvalue weighted by Crippen LogP contribution is 2.32. The average Bonchev–Trinajstić information content (AvgIpc) is 2.61. The fourth-order valence-corrected chi connectivity index (χ4v) is 2.57. The Morgan fingerprint density at radius 2 is 2.08 bits per heavy atom. The van der Waals surface area contributed by atoms with E-state index in [1.54, 1.807) is 19.2 Å². The summed E-state index contributed by atoms with van der Waals surface area (Å²) in [6.07, 6.45) is 1.52. The Kier molecular flexibility index (Phi) is 7.34. The maximum absolute atomic E-state index is 12.6. The van der Waals surface area contributed by atoms with Gasteiger partial charge in [0.1, 0.15) is 6.10 Å².